The number of nitrogens with two attached hydrogens (primary N) is 1. The van der Waals surface area contributed by atoms with Crippen molar-refractivity contribution in [1.29, 1.82) is 0 Å². The van der Waals surface area contributed by atoms with E-state index in [1.807, 2.05) is 0 Å². The van der Waals surface area contributed by atoms with Gasteiger partial charge in [0.05, 0.1) is 48.8 Å². The molecule has 0 saturated heterocycles. The summed E-state index contributed by atoms with van der Waals surface area (Å²) in [6.07, 6.45) is -7.76. The van der Waals surface area contributed by atoms with E-state index < -0.39 is 23.5 Å². The molecule has 37 heavy (non-hydrogen) atoms. The van der Waals surface area contributed by atoms with E-state index in [1.165, 1.54) is 24.4 Å². The van der Waals surface area contributed by atoms with Gasteiger partial charge in [0, 0.05) is 0 Å². The number of aromatic hydroxyl groups is 2. The minimum absolute atomic E-state index is 0.0144. The van der Waals surface area contributed by atoms with Crippen molar-refractivity contribution in [2.45, 2.75) is 12.4 Å². The van der Waals surface area contributed by atoms with Crippen molar-refractivity contribution in [1.82, 2.24) is 0 Å². The topological polar surface area (TPSA) is 103 Å². The Hall–Kier alpha value is -2.77. The van der Waals surface area contributed by atoms with Crippen LogP contribution in [0, 0.1) is 0 Å². The third-order valence-corrected chi connectivity index (χ3v) is 5.47. The van der Waals surface area contributed by atoms with Crippen molar-refractivity contribution in [3.05, 3.63) is 79.2 Å². The summed E-state index contributed by atoms with van der Waals surface area (Å²) < 4.78 is 74.5. The second-order valence-corrected chi connectivity index (χ2v) is 8.52. The highest BCUT2D eigenvalue weighted by molar-refractivity contribution is 6.39. The lowest BCUT2D eigenvalue weighted by atomic mass is 10.2. The van der Waals surface area contributed by atoms with Gasteiger partial charge in [-0.2, -0.15) is 31.4 Å². The molecule has 3 rings (SSSR count). The van der Waals surface area contributed by atoms with Gasteiger partial charge in [-0.25, -0.2) is 0 Å². The molecule has 6 N–H and O–H groups in total. The van der Waals surface area contributed by atoms with E-state index in [4.69, 9.17) is 52.2 Å². The summed E-state index contributed by atoms with van der Waals surface area (Å²) in [5.74, 6) is 4.39. The molecule has 0 aliphatic heterocycles. The van der Waals surface area contributed by atoms with E-state index in [-0.39, 0.29) is 43.0 Å². The summed E-state index contributed by atoms with van der Waals surface area (Å²) in [6, 6.07) is 6.95. The minimum Gasteiger partial charge on any atom is -0.504 e. The molecule has 0 saturated carbocycles. The number of nitrogens with one attached hydrogen (secondary N) is 2. The van der Waals surface area contributed by atoms with Gasteiger partial charge in [0.1, 0.15) is 0 Å². The second kappa shape index (κ2) is 12.2. The van der Waals surface area contributed by atoms with Crippen LogP contribution in [-0.4, -0.2) is 16.4 Å². The van der Waals surface area contributed by atoms with Gasteiger partial charge in [-0.05, 0) is 48.0 Å². The average molecular weight is 610 g/mol. The smallest absolute Gasteiger partial charge is 0.416 e. The summed E-state index contributed by atoms with van der Waals surface area (Å²) in [6.45, 7) is 0. The van der Waals surface area contributed by atoms with Gasteiger partial charge in [0.2, 0.25) is 0 Å². The van der Waals surface area contributed by atoms with E-state index in [0.717, 1.165) is 24.3 Å². The third-order valence-electron chi connectivity index (χ3n) is 4.27. The fraction of sp³-hybridized carbons (Fsp3) is 0.0952. The van der Waals surface area contributed by atoms with Crippen LogP contribution in [-0.2, 0) is 12.4 Å². The van der Waals surface area contributed by atoms with Crippen molar-refractivity contribution >= 4 is 64.0 Å². The Morgan fingerprint density at radius 3 is 1.51 bits per heavy atom. The lowest BCUT2D eigenvalue weighted by Gasteiger charge is -2.11. The maximum absolute atomic E-state index is 12.6. The van der Waals surface area contributed by atoms with Gasteiger partial charge in [-0.15, -0.1) is 0 Å². The Bertz CT molecular complexity index is 1260. The van der Waals surface area contributed by atoms with Crippen LogP contribution >= 0.6 is 46.4 Å². The number of halogens is 10. The molecule has 3 aromatic rings. The predicted molar refractivity (Wildman–Crippen MR) is 132 cm³/mol. The largest absolute Gasteiger partial charge is 0.504 e. The lowest BCUT2D eigenvalue weighted by molar-refractivity contribution is -0.138. The number of anilines is 2. The average Bonchev–Trinajstić information content (AvgIpc) is 2.77. The Morgan fingerprint density at radius 2 is 1.14 bits per heavy atom. The quantitative estimate of drug-likeness (QED) is 0.0675. The molecule has 0 aromatic heterocycles. The van der Waals surface area contributed by atoms with Gasteiger partial charge >= 0.3 is 12.4 Å². The number of benzene rings is 3. The molecule has 0 amide bonds. The van der Waals surface area contributed by atoms with Gasteiger partial charge in [0.15, 0.2) is 11.5 Å². The fourth-order valence-electron chi connectivity index (χ4n) is 2.51. The van der Waals surface area contributed by atoms with Gasteiger partial charge < -0.3 is 15.6 Å². The molecule has 3 aromatic carbocycles. The number of nitrogen functional groups attached to an aromatic ring is 1. The highest BCUT2D eigenvalue weighted by Gasteiger charge is 2.32. The normalized spacial score (nSPS) is 11.8. The van der Waals surface area contributed by atoms with E-state index in [2.05, 4.69) is 16.0 Å². The molecule has 200 valence electrons. The summed E-state index contributed by atoms with van der Waals surface area (Å²) in [4.78, 5) is 0. The maximum atomic E-state index is 12.6. The van der Waals surface area contributed by atoms with Crippen molar-refractivity contribution < 1.29 is 36.6 Å². The predicted octanol–water partition coefficient (Wildman–Crippen LogP) is 8.17. The second-order valence-electron chi connectivity index (χ2n) is 6.89. The number of hydrogen-bond acceptors (Lipinski definition) is 6. The molecule has 0 radical (unpaired) electrons. The number of hydrogen-bond donors (Lipinski definition) is 5. The number of rotatable bonds is 4. The Kier molecular flexibility index (Phi) is 10.0. The number of nitrogens with zero attached hydrogens (tertiary/aromatic N) is 1. The van der Waals surface area contributed by atoms with Crippen LogP contribution in [0.1, 0.15) is 16.7 Å². The van der Waals surface area contributed by atoms with Gasteiger partial charge in [-0.1, -0.05) is 46.4 Å². The molecular formula is C21H14Cl4F6N4O2. The molecule has 0 aliphatic rings. The molecule has 0 aliphatic carbocycles. The number of hydrazine groups is 1. The first kappa shape index (κ1) is 30.5. The van der Waals surface area contributed by atoms with E-state index in [9.17, 15) is 36.6 Å². The van der Waals surface area contributed by atoms with Crippen molar-refractivity contribution in [2.24, 2.45) is 10.9 Å². The van der Waals surface area contributed by atoms with Crippen LogP contribution in [0.4, 0.5) is 37.7 Å². The van der Waals surface area contributed by atoms with Crippen molar-refractivity contribution in [3.63, 3.8) is 0 Å². The SMILES string of the molecule is NNc1c(Cl)cc(C(F)(F)F)cc1Cl.Oc1ccc(C=NNc2c(Cl)cc(C(F)(F)F)cc2Cl)cc1O. The van der Waals surface area contributed by atoms with Crippen LogP contribution in [0.15, 0.2) is 47.6 Å². The summed E-state index contributed by atoms with van der Waals surface area (Å²) in [5.41, 5.74) is 3.19. The Balaban J connectivity index is 0.000000294. The molecule has 0 fully saturated rings. The molecule has 0 atom stereocenters. The zero-order chi connectivity index (χ0) is 28.1. The highest BCUT2D eigenvalue weighted by atomic mass is 35.5. The zero-order valence-corrected chi connectivity index (χ0v) is 20.8. The number of phenols is 2. The van der Waals surface area contributed by atoms with Gasteiger partial charge in [-0.3, -0.25) is 11.3 Å². The lowest BCUT2D eigenvalue weighted by Crippen LogP contribution is -2.10. The molecule has 16 heteroatoms. The Labute approximate surface area is 225 Å². The molecule has 0 unspecified atom stereocenters. The van der Waals surface area contributed by atoms with E-state index in [0.29, 0.717) is 5.56 Å². The summed E-state index contributed by atoms with van der Waals surface area (Å²) in [7, 11) is 0. The molecule has 0 heterocycles. The first-order valence-corrected chi connectivity index (χ1v) is 11.0. The zero-order valence-electron chi connectivity index (χ0n) is 17.8. The molecule has 0 spiro atoms. The molecule has 6 nitrogen and oxygen atoms in total. The minimum atomic E-state index is -4.56. The summed E-state index contributed by atoms with van der Waals surface area (Å²) >= 11 is 22.6. The monoisotopic (exact) mass is 608 g/mol. The highest BCUT2D eigenvalue weighted by Crippen LogP contribution is 2.39. The van der Waals surface area contributed by atoms with E-state index in [1.54, 1.807) is 0 Å². The van der Waals surface area contributed by atoms with Crippen LogP contribution < -0.4 is 16.7 Å². The number of hydrazone groups is 1. The maximum Gasteiger partial charge on any atom is 0.416 e. The van der Waals surface area contributed by atoms with Crippen LogP contribution in [0.3, 0.4) is 0 Å². The number of alkyl halides is 6. The van der Waals surface area contributed by atoms with Gasteiger partial charge in [0.25, 0.3) is 0 Å². The van der Waals surface area contributed by atoms with Crippen LogP contribution in [0.5, 0.6) is 11.5 Å². The third kappa shape index (κ3) is 8.37. The van der Waals surface area contributed by atoms with Crippen LogP contribution in [0.25, 0.3) is 0 Å². The van der Waals surface area contributed by atoms with Crippen LogP contribution in [0.2, 0.25) is 20.1 Å². The fourth-order valence-corrected chi connectivity index (χ4v) is 3.68. The first-order chi connectivity index (χ1) is 17.0. The van der Waals surface area contributed by atoms with Crippen molar-refractivity contribution in [3.8, 4) is 11.5 Å². The van der Waals surface area contributed by atoms with E-state index >= 15 is 0 Å². The first-order valence-electron chi connectivity index (χ1n) is 9.44. The van der Waals surface area contributed by atoms with Crippen molar-refractivity contribution in [2.75, 3.05) is 10.9 Å². The summed E-state index contributed by atoms with van der Waals surface area (Å²) in [5, 5.41) is 21.5. The molecular weight excluding hydrogens is 596 g/mol. The number of phenolic OH excluding ortho intramolecular Hbond substituents is 2. The molecule has 0 bridgehead atoms. The standard InChI is InChI=1S/C14H9Cl2F3N2O2.C7H5Cl2F3N2/c15-9-4-8(14(17,18)19)5-10(16)13(9)21-20-6-7-1-2-11(22)12(23)3-7;8-4-1-3(7(10,11)12)2-5(9)6(4)14-13/h1-6,21-23H;1-2,14H,13H2. The Morgan fingerprint density at radius 1 is 0.703 bits per heavy atom.